The molecule has 3 heterocycles. The van der Waals surface area contributed by atoms with E-state index in [1.807, 2.05) is 25.1 Å². The van der Waals surface area contributed by atoms with Gasteiger partial charge in [0.05, 0.1) is 24.1 Å². The van der Waals surface area contributed by atoms with Crippen molar-refractivity contribution in [1.82, 2.24) is 25.5 Å². The van der Waals surface area contributed by atoms with Crippen molar-refractivity contribution in [3.63, 3.8) is 0 Å². The monoisotopic (exact) mass is 576 g/mol. The minimum atomic E-state index is -0.480. The lowest BCUT2D eigenvalue weighted by Crippen LogP contribution is -2.28. The van der Waals surface area contributed by atoms with E-state index in [1.54, 1.807) is 12.1 Å². The predicted octanol–water partition coefficient (Wildman–Crippen LogP) is 5.29. The largest absolute Gasteiger partial charge is 0.460 e. The fourth-order valence-electron chi connectivity index (χ4n) is 4.45. The second-order valence-corrected chi connectivity index (χ2v) is 10.3. The summed E-state index contributed by atoms with van der Waals surface area (Å²) < 4.78 is 31.4. The number of hydrogen-bond donors (Lipinski definition) is 2. The van der Waals surface area contributed by atoms with Crippen LogP contribution < -0.4 is 11.1 Å². The van der Waals surface area contributed by atoms with Crippen molar-refractivity contribution in [2.24, 2.45) is 5.92 Å². The van der Waals surface area contributed by atoms with E-state index in [-0.39, 0.29) is 34.9 Å². The molecule has 11 heteroatoms. The number of ether oxygens (including phenoxy) is 2. The highest BCUT2D eigenvalue weighted by Crippen LogP contribution is 2.29. The van der Waals surface area contributed by atoms with Crippen LogP contribution in [0.4, 0.5) is 10.2 Å². The van der Waals surface area contributed by atoms with Crippen LogP contribution in [0.2, 0.25) is 0 Å². The van der Waals surface area contributed by atoms with Gasteiger partial charge >= 0.3 is 0 Å². The van der Waals surface area contributed by atoms with Gasteiger partial charge in [-0.15, -0.1) is 10.2 Å². The highest BCUT2D eigenvalue weighted by molar-refractivity contribution is 5.74. The number of carbonyl (C=O) groups is 1. The van der Waals surface area contributed by atoms with Gasteiger partial charge in [-0.1, -0.05) is 51.1 Å². The molecule has 1 fully saturated rings. The smallest absolute Gasteiger partial charge is 0.293 e. The molecule has 0 saturated carbocycles. The fourth-order valence-corrected chi connectivity index (χ4v) is 4.45. The summed E-state index contributed by atoms with van der Waals surface area (Å²) >= 11 is 0. The Bertz CT molecular complexity index is 1450. The molecule has 0 radical (unpaired) electrons. The van der Waals surface area contributed by atoms with Crippen LogP contribution in [0.15, 0.2) is 59.2 Å². The van der Waals surface area contributed by atoms with Crippen LogP contribution in [0.25, 0.3) is 28.6 Å². The molecule has 3 aromatic rings. The molecular formula is C31H37FN6O4. The van der Waals surface area contributed by atoms with Gasteiger partial charge in [0.25, 0.3) is 18.3 Å². The molecule has 4 rings (SSSR count). The van der Waals surface area contributed by atoms with E-state index >= 15 is 4.39 Å². The summed E-state index contributed by atoms with van der Waals surface area (Å²) in [4.78, 5) is 19.9. The first kappa shape index (κ1) is 30.7. The van der Waals surface area contributed by atoms with Gasteiger partial charge < -0.3 is 24.9 Å². The van der Waals surface area contributed by atoms with Gasteiger partial charge in [0.2, 0.25) is 0 Å². The number of halogens is 1. The minimum absolute atomic E-state index is 0.00258. The Morgan fingerprint density at radius 2 is 2.12 bits per heavy atom. The number of nitrogens with one attached hydrogen (secondary N) is 1. The third-order valence-corrected chi connectivity index (χ3v) is 7.25. The normalized spacial score (nSPS) is 17.0. The molecule has 1 aromatic carbocycles. The van der Waals surface area contributed by atoms with Crippen LogP contribution in [0.3, 0.4) is 0 Å². The number of nitrogens with two attached hydrogens (primary N) is 1. The van der Waals surface area contributed by atoms with Crippen LogP contribution in [0.5, 0.6) is 0 Å². The van der Waals surface area contributed by atoms with Crippen LogP contribution in [0.1, 0.15) is 51.3 Å². The Morgan fingerprint density at radius 3 is 2.81 bits per heavy atom. The third-order valence-electron chi connectivity index (χ3n) is 7.25. The molecule has 0 bridgehead atoms. The molecule has 1 aliphatic heterocycles. The zero-order valence-corrected chi connectivity index (χ0v) is 24.2. The Kier molecular flexibility index (Phi) is 10.7. The zero-order valence-electron chi connectivity index (χ0n) is 24.2. The second kappa shape index (κ2) is 14.6. The van der Waals surface area contributed by atoms with Gasteiger partial charge in [-0.05, 0) is 54.5 Å². The maximum absolute atomic E-state index is 15.0. The first-order valence-electron chi connectivity index (χ1n) is 14.0. The van der Waals surface area contributed by atoms with Crippen molar-refractivity contribution >= 4 is 17.9 Å². The predicted molar refractivity (Wildman–Crippen MR) is 158 cm³/mol. The van der Waals surface area contributed by atoms with Gasteiger partial charge in [-0.3, -0.25) is 4.79 Å². The van der Waals surface area contributed by atoms with Gasteiger partial charge in [-0.25, -0.2) is 14.4 Å². The fraction of sp³-hybridized carbons (Fsp3) is 0.387. The number of nitrogen functional groups attached to an aromatic ring is 1. The zero-order chi connectivity index (χ0) is 30.1. The average molecular weight is 577 g/mol. The Morgan fingerprint density at radius 1 is 1.31 bits per heavy atom. The lowest BCUT2D eigenvalue weighted by Gasteiger charge is -2.19. The molecule has 1 aliphatic rings. The topological polar surface area (TPSA) is 138 Å². The van der Waals surface area contributed by atoms with Crippen molar-refractivity contribution < 1.29 is 23.1 Å². The van der Waals surface area contributed by atoms with Crippen LogP contribution in [0, 0.1) is 11.7 Å². The van der Waals surface area contributed by atoms with Gasteiger partial charge in [0, 0.05) is 19.2 Å². The Balaban J connectivity index is 1.50. The molecule has 0 spiro atoms. The van der Waals surface area contributed by atoms with Crippen LogP contribution in [-0.2, 0) is 20.8 Å². The van der Waals surface area contributed by atoms with Crippen molar-refractivity contribution in [2.45, 2.75) is 58.7 Å². The molecule has 0 aliphatic carbocycles. The molecule has 3 atom stereocenters. The van der Waals surface area contributed by atoms with Crippen molar-refractivity contribution in [3.05, 3.63) is 71.9 Å². The second-order valence-electron chi connectivity index (χ2n) is 10.3. The molecule has 0 amide bonds. The number of anilines is 1. The van der Waals surface area contributed by atoms with E-state index in [9.17, 15) is 4.79 Å². The number of carbonyl (C=O) groups excluding carboxylic acids is 1. The van der Waals surface area contributed by atoms with Gasteiger partial charge in [0.15, 0.2) is 11.5 Å². The quantitative estimate of drug-likeness (QED) is 0.192. The summed E-state index contributed by atoms with van der Waals surface area (Å²) in [7, 11) is 0. The number of benzene rings is 1. The molecular weight excluding hydrogens is 539 g/mol. The molecule has 2 unspecified atom stereocenters. The summed E-state index contributed by atoms with van der Waals surface area (Å²) in [5.74, 6) is -0.00943. The summed E-state index contributed by atoms with van der Waals surface area (Å²) in [5.41, 5.74) is 9.12. The summed E-state index contributed by atoms with van der Waals surface area (Å²) in [6.45, 7) is 12.5. The number of rotatable bonds is 14. The van der Waals surface area contributed by atoms with Crippen molar-refractivity contribution in [1.29, 1.82) is 0 Å². The van der Waals surface area contributed by atoms with E-state index in [1.165, 1.54) is 12.3 Å². The third kappa shape index (κ3) is 7.74. The molecule has 42 heavy (non-hydrogen) atoms. The van der Waals surface area contributed by atoms with E-state index in [4.69, 9.17) is 19.6 Å². The van der Waals surface area contributed by atoms with Crippen LogP contribution >= 0.6 is 0 Å². The first-order valence-corrected chi connectivity index (χ1v) is 14.0. The number of allylic oxidation sites excluding steroid dienone is 3. The maximum atomic E-state index is 15.0. The molecule has 3 N–H and O–H groups in total. The molecule has 10 nitrogen and oxygen atoms in total. The van der Waals surface area contributed by atoms with E-state index in [0.29, 0.717) is 43.2 Å². The Labute approximate surface area is 244 Å². The summed E-state index contributed by atoms with van der Waals surface area (Å²) in [6, 6.07) is 5.14. The van der Waals surface area contributed by atoms with Gasteiger partial charge in [-0.2, -0.15) is 0 Å². The number of hydrogen-bond acceptors (Lipinski definition) is 10. The van der Waals surface area contributed by atoms with E-state index in [0.717, 1.165) is 30.6 Å². The van der Waals surface area contributed by atoms with E-state index in [2.05, 4.69) is 45.9 Å². The summed E-state index contributed by atoms with van der Waals surface area (Å²) in [6.07, 6.45) is 9.13. The SMILES string of the molecule is C=C(/C=C\C(=C/C)c1cnc(N)c(-c2nnc(-c3ccc(CN[C@@H]4CCOC4)cc3F)o2)n1)C(CC(C)CC)OC=O. The maximum Gasteiger partial charge on any atom is 0.293 e. The molecule has 222 valence electrons. The van der Waals surface area contributed by atoms with Crippen LogP contribution in [-0.4, -0.2) is 52.0 Å². The van der Waals surface area contributed by atoms with Crippen molar-refractivity contribution in [3.8, 4) is 23.0 Å². The highest BCUT2D eigenvalue weighted by atomic mass is 19.1. The van der Waals surface area contributed by atoms with Gasteiger partial charge in [0.1, 0.15) is 11.9 Å². The molecule has 2 aromatic heterocycles. The standard InChI is InChI=1S/C31H37FN6O4/c1-5-19(3)13-27(41-18-39)20(4)7-9-22(6-2)26-16-35-29(33)28(36-26)31-38-37-30(42-31)24-10-8-21(14-25(24)32)15-34-23-11-12-40-17-23/h6-10,14,16,18-19,23,27,34H,4-5,11-13,15,17H2,1-3H3,(H2,33,35)/b9-7-,22-6+/t19?,23-,27?/m1/s1. The lowest BCUT2D eigenvalue weighted by molar-refractivity contribution is -0.132. The van der Waals surface area contributed by atoms with Crippen molar-refractivity contribution in [2.75, 3.05) is 18.9 Å². The highest BCUT2D eigenvalue weighted by Gasteiger charge is 2.20. The van der Waals surface area contributed by atoms with E-state index < -0.39 is 11.9 Å². The summed E-state index contributed by atoms with van der Waals surface area (Å²) in [5, 5.41) is 11.5. The Hall–Kier alpha value is -4.22. The first-order chi connectivity index (χ1) is 20.3. The number of aromatic nitrogens is 4. The number of nitrogens with zero attached hydrogens (tertiary/aromatic N) is 4. The minimum Gasteiger partial charge on any atom is -0.460 e. The lowest BCUT2D eigenvalue weighted by atomic mass is 9.96. The molecule has 1 saturated heterocycles. The average Bonchev–Trinajstić information content (AvgIpc) is 3.69.